The largest absolute Gasteiger partial charge is 0.497 e. The molecular weight excluding hydrogens is 204 g/mol. The molecule has 0 bridgehead atoms. The van der Waals surface area contributed by atoms with E-state index in [0.29, 0.717) is 0 Å². The Morgan fingerprint density at radius 2 is 1.88 bits per heavy atom. The molecule has 0 fully saturated rings. The Hall–Kier alpha value is -1.51. The highest BCUT2D eigenvalue weighted by atomic mass is 16.5. The van der Waals surface area contributed by atoms with Crippen LogP contribution in [0.15, 0.2) is 24.3 Å². The van der Waals surface area contributed by atoms with E-state index in [1.165, 1.54) is 0 Å². The Kier molecular flexibility index (Phi) is 3.93. The summed E-state index contributed by atoms with van der Waals surface area (Å²) < 4.78 is 5.07. The molecule has 0 saturated heterocycles. The maximum absolute atomic E-state index is 10.7. The first-order valence-corrected chi connectivity index (χ1v) is 5.28. The lowest BCUT2D eigenvalue weighted by molar-refractivity contribution is -0.139. The molecule has 0 heterocycles. The van der Waals surface area contributed by atoms with Crippen molar-refractivity contribution in [3.05, 3.63) is 29.8 Å². The maximum Gasteiger partial charge on any atom is 0.303 e. The van der Waals surface area contributed by atoms with Gasteiger partial charge in [-0.25, -0.2) is 0 Å². The first kappa shape index (κ1) is 12.6. The summed E-state index contributed by atoms with van der Waals surface area (Å²) in [6.45, 7) is 3.93. The van der Waals surface area contributed by atoms with Gasteiger partial charge in [0.2, 0.25) is 0 Å². The van der Waals surface area contributed by atoms with E-state index in [1.807, 2.05) is 38.1 Å². The van der Waals surface area contributed by atoms with Gasteiger partial charge in [0.05, 0.1) is 13.5 Å². The number of benzene rings is 1. The second kappa shape index (κ2) is 5.01. The molecule has 0 spiro atoms. The number of aliphatic carboxylic acids is 1. The maximum atomic E-state index is 10.7. The van der Waals surface area contributed by atoms with Crippen molar-refractivity contribution in [1.82, 2.24) is 0 Å². The Labute approximate surface area is 96.1 Å². The highest BCUT2D eigenvalue weighted by molar-refractivity contribution is 5.67. The third-order valence-corrected chi connectivity index (χ3v) is 2.47. The van der Waals surface area contributed by atoms with Crippen LogP contribution in [-0.2, 0) is 11.2 Å². The van der Waals surface area contributed by atoms with Gasteiger partial charge in [0, 0.05) is 0 Å². The smallest absolute Gasteiger partial charge is 0.303 e. The van der Waals surface area contributed by atoms with Crippen LogP contribution in [0.5, 0.6) is 5.75 Å². The molecule has 1 aromatic rings. The van der Waals surface area contributed by atoms with E-state index < -0.39 is 5.97 Å². The van der Waals surface area contributed by atoms with Gasteiger partial charge in [-0.3, -0.25) is 4.79 Å². The molecule has 3 heteroatoms. The van der Waals surface area contributed by atoms with E-state index in [4.69, 9.17) is 9.84 Å². The van der Waals surface area contributed by atoms with Crippen LogP contribution in [0, 0.1) is 5.41 Å². The van der Waals surface area contributed by atoms with Gasteiger partial charge in [-0.15, -0.1) is 0 Å². The molecule has 0 amide bonds. The summed E-state index contributed by atoms with van der Waals surface area (Å²) in [4.78, 5) is 10.7. The summed E-state index contributed by atoms with van der Waals surface area (Å²) in [5.41, 5.74) is 0.910. The Morgan fingerprint density at radius 1 is 1.31 bits per heavy atom. The zero-order valence-corrected chi connectivity index (χ0v) is 9.99. The molecule has 0 unspecified atom stereocenters. The fraction of sp³-hybridized carbons (Fsp3) is 0.462. The summed E-state index contributed by atoms with van der Waals surface area (Å²) in [5.74, 6) is 0.0679. The highest BCUT2D eigenvalue weighted by Gasteiger charge is 2.22. The third-order valence-electron chi connectivity index (χ3n) is 2.47. The average molecular weight is 222 g/mol. The molecule has 0 aliphatic carbocycles. The molecule has 0 saturated carbocycles. The van der Waals surface area contributed by atoms with Gasteiger partial charge >= 0.3 is 5.97 Å². The molecule has 1 rings (SSSR count). The predicted molar refractivity (Wildman–Crippen MR) is 62.7 cm³/mol. The Balaban J connectivity index is 2.68. The predicted octanol–water partition coefficient (Wildman–Crippen LogP) is 2.74. The van der Waals surface area contributed by atoms with Crippen LogP contribution in [0.4, 0.5) is 0 Å². The van der Waals surface area contributed by atoms with E-state index in [2.05, 4.69) is 0 Å². The Morgan fingerprint density at radius 3 is 2.31 bits per heavy atom. The molecular formula is C13H18O3. The minimum atomic E-state index is -0.751. The SMILES string of the molecule is COc1ccc(CC(C)(C)CC(=O)O)cc1. The van der Waals surface area contributed by atoms with Gasteiger partial charge in [0.25, 0.3) is 0 Å². The van der Waals surface area contributed by atoms with E-state index >= 15 is 0 Å². The van der Waals surface area contributed by atoms with Gasteiger partial charge in [0.1, 0.15) is 5.75 Å². The second-order valence-electron chi connectivity index (χ2n) is 4.76. The van der Waals surface area contributed by atoms with Crippen LogP contribution >= 0.6 is 0 Å². The lowest BCUT2D eigenvalue weighted by atomic mass is 9.83. The minimum absolute atomic E-state index is 0.180. The molecule has 0 aromatic heterocycles. The van der Waals surface area contributed by atoms with Crippen LogP contribution in [0.25, 0.3) is 0 Å². The number of hydrogen-bond acceptors (Lipinski definition) is 2. The van der Waals surface area contributed by atoms with Crippen molar-refractivity contribution in [1.29, 1.82) is 0 Å². The highest BCUT2D eigenvalue weighted by Crippen LogP contribution is 2.26. The van der Waals surface area contributed by atoms with Crippen LogP contribution in [0.1, 0.15) is 25.8 Å². The Bertz CT molecular complexity index is 352. The fourth-order valence-electron chi connectivity index (χ4n) is 1.77. The molecule has 1 aromatic carbocycles. The van der Waals surface area contributed by atoms with Crippen molar-refractivity contribution in [2.45, 2.75) is 26.7 Å². The lowest BCUT2D eigenvalue weighted by Gasteiger charge is -2.22. The summed E-state index contributed by atoms with van der Waals surface area (Å²) >= 11 is 0. The summed E-state index contributed by atoms with van der Waals surface area (Å²) in [6.07, 6.45) is 0.933. The number of rotatable bonds is 5. The molecule has 16 heavy (non-hydrogen) atoms. The normalized spacial score (nSPS) is 11.2. The zero-order chi connectivity index (χ0) is 12.2. The molecule has 0 aliphatic heterocycles. The van der Waals surface area contributed by atoms with E-state index in [-0.39, 0.29) is 11.8 Å². The number of hydrogen-bond donors (Lipinski definition) is 1. The molecule has 0 aliphatic rings. The van der Waals surface area contributed by atoms with Crippen LogP contribution in [-0.4, -0.2) is 18.2 Å². The van der Waals surface area contributed by atoms with Gasteiger partial charge in [-0.2, -0.15) is 0 Å². The van der Waals surface area contributed by atoms with Crippen molar-refractivity contribution in [2.75, 3.05) is 7.11 Å². The van der Waals surface area contributed by atoms with Crippen molar-refractivity contribution in [2.24, 2.45) is 5.41 Å². The van der Waals surface area contributed by atoms with Crippen molar-refractivity contribution in [3.8, 4) is 5.75 Å². The van der Waals surface area contributed by atoms with Gasteiger partial charge in [0.15, 0.2) is 0 Å². The standard InChI is InChI=1S/C13H18O3/c1-13(2,9-12(14)15)8-10-4-6-11(16-3)7-5-10/h4-7H,8-9H2,1-3H3,(H,14,15). The molecule has 3 nitrogen and oxygen atoms in total. The third kappa shape index (κ3) is 3.93. The molecule has 1 N–H and O–H groups in total. The molecule has 0 atom stereocenters. The monoisotopic (exact) mass is 222 g/mol. The summed E-state index contributed by atoms with van der Waals surface area (Å²) in [5, 5.41) is 8.79. The second-order valence-corrected chi connectivity index (χ2v) is 4.76. The van der Waals surface area contributed by atoms with Crippen molar-refractivity contribution in [3.63, 3.8) is 0 Å². The van der Waals surface area contributed by atoms with Crippen molar-refractivity contribution >= 4 is 5.97 Å². The molecule has 0 radical (unpaired) electrons. The van der Waals surface area contributed by atoms with Crippen LogP contribution < -0.4 is 4.74 Å². The number of carboxylic acids is 1. The van der Waals surface area contributed by atoms with Gasteiger partial charge in [-0.1, -0.05) is 26.0 Å². The number of methoxy groups -OCH3 is 1. The molecule has 88 valence electrons. The van der Waals surface area contributed by atoms with Crippen molar-refractivity contribution < 1.29 is 14.6 Å². The number of carbonyl (C=O) groups is 1. The van der Waals surface area contributed by atoms with E-state index in [1.54, 1.807) is 7.11 Å². The van der Waals surface area contributed by atoms with Gasteiger partial charge < -0.3 is 9.84 Å². The average Bonchev–Trinajstić information content (AvgIpc) is 2.16. The fourth-order valence-corrected chi connectivity index (χ4v) is 1.77. The number of ether oxygens (including phenoxy) is 1. The van der Waals surface area contributed by atoms with Crippen LogP contribution in [0.2, 0.25) is 0 Å². The summed E-state index contributed by atoms with van der Waals surface area (Å²) in [6, 6.07) is 7.74. The quantitative estimate of drug-likeness (QED) is 0.833. The van der Waals surface area contributed by atoms with Gasteiger partial charge in [-0.05, 0) is 29.5 Å². The lowest BCUT2D eigenvalue weighted by Crippen LogP contribution is -2.19. The topological polar surface area (TPSA) is 46.5 Å². The summed E-state index contributed by atoms with van der Waals surface area (Å²) in [7, 11) is 1.63. The van der Waals surface area contributed by atoms with E-state index in [9.17, 15) is 4.79 Å². The van der Waals surface area contributed by atoms with E-state index in [0.717, 1.165) is 17.7 Å². The first-order chi connectivity index (χ1) is 7.43. The first-order valence-electron chi connectivity index (χ1n) is 5.28. The zero-order valence-electron chi connectivity index (χ0n) is 9.99. The number of carboxylic acid groups (broad SMARTS) is 1. The minimum Gasteiger partial charge on any atom is -0.497 e. The van der Waals surface area contributed by atoms with Crippen LogP contribution in [0.3, 0.4) is 0 Å².